The zero-order valence-corrected chi connectivity index (χ0v) is 18.7. The third-order valence-electron chi connectivity index (χ3n) is 4.43. The minimum absolute atomic E-state index is 0.0290. The number of rotatable bonds is 6. The van der Waals surface area contributed by atoms with Gasteiger partial charge in [0.1, 0.15) is 13.2 Å². The number of ether oxygens (including phenoxy) is 3. The van der Waals surface area contributed by atoms with Gasteiger partial charge < -0.3 is 19.5 Å². The number of benzene rings is 2. The first-order valence-corrected chi connectivity index (χ1v) is 11.0. The van der Waals surface area contributed by atoms with Crippen molar-refractivity contribution in [3.05, 3.63) is 46.5 Å². The van der Waals surface area contributed by atoms with Crippen LogP contribution in [-0.4, -0.2) is 58.5 Å². The van der Waals surface area contributed by atoms with Gasteiger partial charge in [0.05, 0.1) is 15.5 Å². The third-order valence-corrected chi connectivity index (χ3v) is 6.52. The first-order chi connectivity index (χ1) is 14.6. The van der Waals surface area contributed by atoms with Crippen molar-refractivity contribution in [3.63, 3.8) is 0 Å². The summed E-state index contributed by atoms with van der Waals surface area (Å²) < 4.78 is 41.5. The minimum atomic E-state index is -3.66. The molecule has 9 nitrogen and oxygen atoms in total. The van der Waals surface area contributed by atoms with E-state index in [1.807, 2.05) is 0 Å². The summed E-state index contributed by atoms with van der Waals surface area (Å²) in [6.45, 7) is 1.82. The molecule has 2 aromatic carbocycles. The fraction of sp³-hybridized carbons (Fsp3) is 0.300. The highest BCUT2D eigenvalue weighted by atomic mass is 35.5. The number of amides is 1. The van der Waals surface area contributed by atoms with E-state index in [2.05, 4.69) is 5.32 Å². The number of nitrogens with one attached hydrogen (secondary N) is 1. The highest BCUT2D eigenvalue weighted by molar-refractivity contribution is 7.89. The van der Waals surface area contributed by atoms with Gasteiger partial charge >= 0.3 is 5.97 Å². The second kappa shape index (κ2) is 9.13. The number of nitrogens with zero attached hydrogens (tertiary/aromatic N) is 1. The lowest BCUT2D eigenvalue weighted by Gasteiger charge is -2.20. The molecule has 1 aliphatic heterocycles. The number of carbonyl (C=O) groups excluding carboxylic acids is 2. The van der Waals surface area contributed by atoms with Crippen molar-refractivity contribution in [2.75, 3.05) is 39.2 Å². The lowest BCUT2D eigenvalue weighted by molar-refractivity contribution is -0.119. The van der Waals surface area contributed by atoms with Crippen molar-refractivity contribution in [3.8, 4) is 11.5 Å². The van der Waals surface area contributed by atoms with E-state index in [1.54, 1.807) is 13.0 Å². The van der Waals surface area contributed by atoms with Crippen LogP contribution < -0.4 is 14.8 Å². The van der Waals surface area contributed by atoms with Gasteiger partial charge in [0.2, 0.25) is 10.0 Å². The molecule has 0 aromatic heterocycles. The largest absolute Gasteiger partial charge is 0.486 e. The van der Waals surface area contributed by atoms with E-state index < -0.39 is 28.5 Å². The third kappa shape index (κ3) is 5.09. The SMILES string of the molecule is Cc1ccc(S(=O)(=O)N(C)C)cc1NC(=O)COC(=O)c1cc(Cl)c2c(c1)OCCO2. The van der Waals surface area contributed by atoms with Gasteiger partial charge in [-0.2, -0.15) is 0 Å². The van der Waals surface area contributed by atoms with Gasteiger partial charge in [-0.25, -0.2) is 17.5 Å². The first-order valence-electron chi connectivity index (χ1n) is 9.19. The van der Waals surface area contributed by atoms with Crippen molar-refractivity contribution in [2.45, 2.75) is 11.8 Å². The van der Waals surface area contributed by atoms with Crippen LogP contribution in [0.4, 0.5) is 5.69 Å². The number of hydrogen-bond acceptors (Lipinski definition) is 7. The van der Waals surface area contributed by atoms with Crippen molar-refractivity contribution in [2.24, 2.45) is 0 Å². The molecule has 2 aromatic rings. The summed E-state index contributed by atoms with van der Waals surface area (Å²) in [6, 6.07) is 7.18. The van der Waals surface area contributed by atoms with Crippen LogP contribution in [0.1, 0.15) is 15.9 Å². The van der Waals surface area contributed by atoms with E-state index in [0.29, 0.717) is 36.0 Å². The van der Waals surface area contributed by atoms with E-state index in [4.69, 9.17) is 25.8 Å². The second-order valence-corrected chi connectivity index (χ2v) is 9.43. The van der Waals surface area contributed by atoms with Crippen LogP contribution in [0.2, 0.25) is 5.02 Å². The first kappa shape index (κ1) is 22.9. The van der Waals surface area contributed by atoms with Crippen molar-refractivity contribution >= 4 is 39.2 Å². The number of halogens is 1. The molecule has 0 aliphatic carbocycles. The van der Waals surface area contributed by atoms with Crippen LogP contribution in [0, 0.1) is 6.92 Å². The molecule has 1 amide bonds. The standard InChI is InChI=1S/C20H21ClN2O7S/c1-12-4-5-14(31(26,27)23(2)3)10-16(12)22-18(24)11-30-20(25)13-8-15(21)19-17(9-13)28-6-7-29-19/h4-5,8-10H,6-7,11H2,1-3H3,(H,22,24). The molecule has 0 fully saturated rings. The maximum Gasteiger partial charge on any atom is 0.338 e. The summed E-state index contributed by atoms with van der Waals surface area (Å²) in [4.78, 5) is 24.6. The summed E-state index contributed by atoms with van der Waals surface area (Å²) in [6.07, 6.45) is 0. The molecule has 11 heteroatoms. The van der Waals surface area contributed by atoms with Gasteiger partial charge in [-0.05, 0) is 36.8 Å². The maximum atomic E-state index is 12.3. The van der Waals surface area contributed by atoms with Crippen LogP contribution in [-0.2, 0) is 19.6 Å². The van der Waals surface area contributed by atoms with Gasteiger partial charge in [-0.3, -0.25) is 4.79 Å². The molecule has 0 bridgehead atoms. The molecule has 166 valence electrons. The summed E-state index contributed by atoms with van der Waals surface area (Å²) in [7, 11) is -0.836. The lowest BCUT2D eigenvalue weighted by atomic mass is 10.2. The molecular formula is C20H21ClN2O7S. The van der Waals surface area contributed by atoms with Gasteiger partial charge in [-0.1, -0.05) is 17.7 Å². The maximum absolute atomic E-state index is 12.3. The van der Waals surface area contributed by atoms with Gasteiger partial charge in [0, 0.05) is 19.8 Å². The van der Waals surface area contributed by atoms with E-state index in [9.17, 15) is 18.0 Å². The molecule has 1 aliphatic rings. The number of sulfonamides is 1. The number of esters is 1. The smallest absolute Gasteiger partial charge is 0.338 e. The molecule has 0 radical (unpaired) electrons. The zero-order valence-electron chi connectivity index (χ0n) is 17.1. The molecule has 0 saturated heterocycles. The van der Waals surface area contributed by atoms with Gasteiger partial charge in [-0.15, -0.1) is 0 Å². The second-order valence-electron chi connectivity index (χ2n) is 6.87. The summed E-state index contributed by atoms with van der Waals surface area (Å²) >= 11 is 6.11. The summed E-state index contributed by atoms with van der Waals surface area (Å²) in [5.74, 6) is -0.718. The normalized spacial score (nSPS) is 13.1. The van der Waals surface area contributed by atoms with Crippen LogP contribution in [0.25, 0.3) is 0 Å². The fourth-order valence-corrected chi connectivity index (χ4v) is 3.93. The van der Waals surface area contributed by atoms with E-state index in [-0.39, 0.29) is 15.5 Å². The summed E-state index contributed by atoms with van der Waals surface area (Å²) in [5.41, 5.74) is 1.06. The molecule has 31 heavy (non-hydrogen) atoms. The topological polar surface area (TPSA) is 111 Å². The molecule has 0 atom stereocenters. The van der Waals surface area contributed by atoms with Crippen molar-refractivity contribution < 1.29 is 32.2 Å². The predicted molar refractivity (Wildman–Crippen MR) is 113 cm³/mol. The number of hydrogen-bond donors (Lipinski definition) is 1. The van der Waals surface area contributed by atoms with Gasteiger partial charge in [0.25, 0.3) is 5.91 Å². The van der Waals surface area contributed by atoms with Crippen LogP contribution in [0.3, 0.4) is 0 Å². The Hall–Kier alpha value is -2.82. The Labute approximate surface area is 184 Å². The molecule has 0 saturated carbocycles. The Bertz CT molecular complexity index is 1130. The van der Waals surface area contributed by atoms with Crippen molar-refractivity contribution in [1.29, 1.82) is 0 Å². The molecule has 0 unspecified atom stereocenters. The average molecular weight is 469 g/mol. The molecule has 1 heterocycles. The Kier molecular flexibility index (Phi) is 6.73. The highest BCUT2D eigenvalue weighted by Crippen LogP contribution is 2.38. The molecular weight excluding hydrogens is 448 g/mol. The van der Waals surface area contributed by atoms with Crippen LogP contribution >= 0.6 is 11.6 Å². The van der Waals surface area contributed by atoms with Crippen LogP contribution in [0.5, 0.6) is 11.5 Å². The lowest BCUT2D eigenvalue weighted by Crippen LogP contribution is -2.24. The molecule has 0 spiro atoms. The Morgan fingerprint density at radius 2 is 1.87 bits per heavy atom. The van der Waals surface area contributed by atoms with E-state index in [1.165, 1.54) is 38.4 Å². The Morgan fingerprint density at radius 3 is 2.58 bits per heavy atom. The summed E-state index contributed by atoms with van der Waals surface area (Å²) in [5, 5.41) is 2.76. The molecule has 3 rings (SSSR count). The monoisotopic (exact) mass is 468 g/mol. The highest BCUT2D eigenvalue weighted by Gasteiger charge is 2.21. The fourth-order valence-electron chi connectivity index (χ4n) is 2.74. The number of fused-ring (bicyclic) bond motifs is 1. The van der Waals surface area contributed by atoms with E-state index in [0.717, 1.165) is 4.31 Å². The zero-order chi connectivity index (χ0) is 22.8. The number of anilines is 1. The quantitative estimate of drug-likeness (QED) is 0.648. The van der Waals surface area contributed by atoms with Crippen molar-refractivity contribution in [1.82, 2.24) is 4.31 Å². The molecule has 1 N–H and O–H groups in total. The average Bonchev–Trinajstić information content (AvgIpc) is 2.73. The number of aryl methyl sites for hydroxylation is 1. The van der Waals surface area contributed by atoms with Gasteiger partial charge in [0.15, 0.2) is 18.1 Å². The Balaban J connectivity index is 1.67. The van der Waals surface area contributed by atoms with Crippen LogP contribution in [0.15, 0.2) is 35.2 Å². The minimum Gasteiger partial charge on any atom is -0.486 e. The predicted octanol–water partition coefficient (Wildman–Crippen LogP) is 2.47. The van der Waals surface area contributed by atoms with E-state index >= 15 is 0 Å². The Morgan fingerprint density at radius 1 is 1.16 bits per heavy atom. The number of carbonyl (C=O) groups is 2.